The summed E-state index contributed by atoms with van der Waals surface area (Å²) in [5, 5.41) is 12.6. The van der Waals surface area contributed by atoms with Gasteiger partial charge in [0.1, 0.15) is 11.6 Å². The van der Waals surface area contributed by atoms with Gasteiger partial charge in [-0.05, 0) is 25.1 Å². The van der Waals surface area contributed by atoms with Crippen molar-refractivity contribution in [2.45, 2.75) is 25.2 Å². The van der Waals surface area contributed by atoms with E-state index in [0.717, 1.165) is 50.4 Å². The van der Waals surface area contributed by atoms with Crippen LogP contribution in [0, 0.1) is 0 Å². The number of thioether (sulfide) groups is 1. The molecular weight excluding hydrogens is 402 g/mol. The molecule has 1 fully saturated rings. The molecule has 1 aromatic heterocycles. The number of amides is 1. The number of anilines is 1. The number of rotatable bonds is 8. The van der Waals surface area contributed by atoms with Gasteiger partial charge in [0.05, 0.1) is 37.6 Å². The quantitative estimate of drug-likeness (QED) is 0.651. The molecule has 0 spiro atoms. The van der Waals surface area contributed by atoms with Crippen molar-refractivity contribution in [2.75, 3.05) is 44.5 Å². The molecule has 1 aromatic carbocycles. The van der Waals surface area contributed by atoms with E-state index in [1.165, 1.54) is 11.8 Å². The number of aromatic nitrogens is 3. The smallest absolute Gasteiger partial charge is 0.234 e. The van der Waals surface area contributed by atoms with Gasteiger partial charge >= 0.3 is 0 Å². The summed E-state index contributed by atoms with van der Waals surface area (Å²) < 4.78 is 12.6. The van der Waals surface area contributed by atoms with Crippen molar-refractivity contribution < 1.29 is 14.3 Å². The molecule has 3 rings (SSSR count). The number of benzene rings is 1. The first-order valence-electron chi connectivity index (χ1n) is 9.09. The number of ether oxygens (including phenoxy) is 2. The van der Waals surface area contributed by atoms with Crippen molar-refractivity contribution in [2.24, 2.45) is 0 Å². The SMILES string of the molecule is CCn1c(CN2CCOCC2)nnc1SCC(=O)Nc1ccc(OC)c(Cl)c1. The van der Waals surface area contributed by atoms with Crippen LogP contribution >= 0.6 is 23.4 Å². The minimum absolute atomic E-state index is 0.133. The van der Waals surface area contributed by atoms with Gasteiger partial charge in [0.2, 0.25) is 5.91 Å². The summed E-state index contributed by atoms with van der Waals surface area (Å²) in [5.41, 5.74) is 0.626. The lowest BCUT2D eigenvalue weighted by Gasteiger charge is -2.26. The number of nitrogens with zero attached hydrogens (tertiary/aromatic N) is 4. The van der Waals surface area contributed by atoms with E-state index in [4.69, 9.17) is 21.1 Å². The second kappa shape index (κ2) is 10.1. The number of hydrogen-bond donors (Lipinski definition) is 1. The van der Waals surface area contributed by atoms with E-state index < -0.39 is 0 Å². The first kappa shape index (κ1) is 20.9. The van der Waals surface area contributed by atoms with Crippen LogP contribution in [0.15, 0.2) is 23.4 Å². The van der Waals surface area contributed by atoms with Crippen LogP contribution in [0.3, 0.4) is 0 Å². The fourth-order valence-electron chi connectivity index (χ4n) is 2.89. The molecule has 1 N–H and O–H groups in total. The molecule has 0 aliphatic carbocycles. The molecule has 0 saturated carbocycles. The van der Waals surface area contributed by atoms with Crippen LogP contribution in [0.25, 0.3) is 0 Å². The van der Waals surface area contributed by atoms with E-state index in [1.54, 1.807) is 25.3 Å². The van der Waals surface area contributed by atoms with Gasteiger partial charge in [-0.15, -0.1) is 10.2 Å². The van der Waals surface area contributed by atoms with E-state index in [1.807, 2.05) is 0 Å². The molecule has 0 atom stereocenters. The number of halogens is 1. The van der Waals surface area contributed by atoms with Crippen LogP contribution in [-0.4, -0.2) is 64.7 Å². The lowest BCUT2D eigenvalue weighted by atomic mass is 10.3. The zero-order valence-electron chi connectivity index (χ0n) is 16.0. The highest BCUT2D eigenvalue weighted by molar-refractivity contribution is 7.99. The number of methoxy groups -OCH3 is 1. The van der Waals surface area contributed by atoms with Crippen molar-refractivity contribution in [3.8, 4) is 5.75 Å². The Kier molecular flexibility index (Phi) is 7.55. The second-order valence-electron chi connectivity index (χ2n) is 6.22. The molecule has 2 heterocycles. The molecule has 10 heteroatoms. The molecule has 8 nitrogen and oxygen atoms in total. The zero-order chi connectivity index (χ0) is 19.9. The van der Waals surface area contributed by atoms with Gasteiger partial charge in [0.15, 0.2) is 5.16 Å². The van der Waals surface area contributed by atoms with Crippen LogP contribution in [0.1, 0.15) is 12.7 Å². The zero-order valence-corrected chi connectivity index (χ0v) is 17.6. The molecule has 0 unspecified atom stereocenters. The van der Waals surface area contributed by atoms with Gasteiger partial charge in [0, 0.05) is 25.3 Å². The number of nitrogens with one attached hydrogen (secondary N) is 1. The van der Waals surface area contributed by atoms with Gasteiger partial charge in [-0.3, -0.25) is 9.69 Å². The van der Waals surface area contributed by atoms with Crippen molar-refractivity contribution >= 4 is 35.0 Å². The van der Waals surface area contributed by atoms with Crippen molar-refractivity contribution in [1.82, 2.24) is 19.7 Å². The Morgan fingerprint density at radius 1 is 1.36 bits per heavy atom. The molecule has 1 aliphatic rings. The fraction of sp³-hybridized carbons (Fsp3) is 0.500. The maximum absolute atomic E-state index is 12.3. The summed E-state index contributed by atoms with van der Waals surface area (Å²) in [6.07, 6.45) is 0. The standard InChI is InChI=1S/C18H24ClN5O3S/c1-3-24-16(11-23-6-8-27-9-7-23)21-22-18(24)28-12-17(25)20-13-4-5-15(26-2)14(19)10-13/h4-5,10H,3,6-9,11-12H2,1-2H3,(H,20,25). The summed E-state index contributed by atoms with van der Waals surface area (Å²) in [6.45, 7) is 6.83. The highest BCUT2D eigenvalue weighted by atomic mass is 35.5. The molecule has 1 saturated heterocycles. The van der Waals surface area contributed by atoms with Gasteiger partial charge in [-0.2, -0.15) is 0 Å². The average molecular weight is 426 g/mol. The highest BCUT2D eigenvalue weighted by Crippen LogP contribution is 2.27. The van der Waals surface area contributed by atoms with Crippen LogP contribution in [0.2, 0.25) is 5.02 Å². The van der Waals surface area contributed by atoms with Crippen LogP contribution in [-0.2, 0) is 22.6 Å². The first-order valence-corrected chi connectivity index (χ1v) is 10.5. The maximum atomic E-state index is 12.3. The Morgan fingerprint density at radius 3 is 2.82 bits per heavy atom. The van der Waals surface area contributed by atoms with Gasteiger partial charge in [0.25, 0.3) is 0 Å². The Labute approximate surface area is 173 Å². The van der Waals surface area contributed by atoms with Gasteiger partial charge in [-0.25, -0.2) is 0 Å². The molecule has 0 radical (unpaired) electrons. The van der Waals surface area contributed by atoms with E-state index in [-0.39, 0.29) is 11.7 Å². The lowest BCUT2D eigenvalue weighted by molar-refractivity contribution is -0.113. The minimum atomic E-state index is -0.133. The number of carbonyl (C=O) groups is 1. The average Bonchev–Trinajstić information content (AvgIpc) is 3.09. The number of carbonyl (C=O) groups excluding carboxylic acids is 1. The third-order valence-electron chi connectivity index (χ3n) is 4.35. The lowest BCUT2D eigenvalue weighted by Crippen LogP contribution is -2.36. The Morgan fingerprint density at radius 2 is 2.14 bits per heavy atom. The molecule has 28 heavy (non-hydrogen) atoms. The predicted octanol–water partition coefficient (Wildman–Crippen LogP) is 2.52. The maximum Gasteiger partial charge on any atom is 0.234 e. The fourth-order valence-corrected chi connectivity index (χ4v) is 3.97. The first-order chi connectivity index (χ1) is 13.6. The monoisotopic (exact) mass is 425 g/mol. The van der Waals surface area contributed by atoms with Crippen molar-refractivity contribution in [1.29, 1.82) is 0 Å². The third kappa shape index (κ3) is 5.38. The van der Waals surface area contributed by atoms with Crippen molar-refractivity contribution in [3.05, 3.63) is 29.0 Å². The number of hydrogen-bond acceptors (Lipinski definition) is 7. The molecule has 152 valence electrons. The molecule has 2 aromatic rings. The summed E-state index contributed by atoms with van der Waals surface area (Å²) >= 11 is 7.46. The summed E-state index contributed by atoms with van der Waals surface area (Å²) in [6, 6.07) is 5.14. The predicted molar refractivity (Wildman–Crippen MR) is 109 cm³/mol. The van der Waals surface area contributed by atoms with Crippen LogP contribution in [0.5, 0.6) is 5.75 Å². The minimum Gasteiger partial charge on any atom is -0.495 e. The number of morpholine rings is 1. The topological polar surface area (TPSA) is 81.5 Å². The largest absolute Gasteiger partial charge is 0.495 e. The van der Waals surface area contributed by atoms with Gasteiger partial charge in [-0.1, -0.05) is 23.4 Å². The molecular formula is C18H24ClN5O3S. The Balaban J connectivity index is 1.56. The van der Waals surface area contributed by atoms with E-state index in [2.05, 4.69) is 31.9 Å². The molecule has 1 amide bonds. The summed E-state index contributed by atoms with van der Waals surface area (Å²) in [5.74, 6) is 1.58. The van der Waals surface area contributed by atoms with Gasteiger partial charge < -0.3 is 19.4 Å². The summed E-state index contributed by atoms with van der Waals surface area (Å²) in [4.78, 5) is 14.6. The van der Waals surface area contributed by atoms with E-state index >= 15 is 0 Å². The third-order valence-corrected chi connectivity index (χ3v) is 5.61. The normalized spacial score (nSPS) is 14.8. The molecule has 1 aliphatic heterocycles. The van der Waals surface area contributed by atoms with Crippen LogP contribution in [0.4, 0.5) is 5.69 Å². The van der Waals surface area contributed by atoms with E-state index in [9.17, 15) is 4.79 Å². The second-order valence-corrected chi connectivity index (χ2v) is 7.57. The Hall–Kier alpha value is -1.81. The van der Waals surface area contributed by atoms with Crippen molar-refractivity contribution in [3.63, 3.8) is 0 Å². The molecule has 0 bridgehead atoms. The van der Waals surface area contributed by atoms with E-state index in [0.29, 0.717) is 16.5 Å². The Bertz CT molecular complexity index is 811. The van der Waals surface area contributed by atoms with Crippen LogP contribution < -0.4 is 10.1 Å². The highest BCUT2D eigenvalue weighted by Gasteiger charge is 2.17. The summed E-state index contributed by atoms with van der Waals surface area (Å²) in [7, 11) is 1.55.